The second-order valence-corrected chi connectivity index (χ2v) is 8.75. The maximum absolute atomic E-state index is 6.70. The van der Waals surface area contributed by atoms with Gasteiger partial charge in [0.15, 0.2) is 0 Å². The highest BCUT2D eigenvalue weighted by Crippen LogP contribution is 2.39. The van der Waals surface area contributed by atoms with Gasteiger partial charge >= 0.3 is 0 Å². The highest BCUT2D eigenvalue weighted by atomic mass is 35.5. The van der Waals surface area contributed by atoms with Gasteiger partial charge in [-0.25, -0.2) is 0 Å². The zero-order valence-electron chi connectivity index (χ0n) is 17.8. The molecular weight excluding hydrogens is 399 g/mol. The van der Waals surface area contributed by atoms with Crippen LogP contribution in [0.3, 0.4) is 0 Å². The average molecular weight is 427 g/mol. The maximum Gasteiger partial charge on any atom is 0.122 e. The van der Waals surface area contributed by atoms with Crippen LogP contribution in [-0.2, 0) is 0 Å². The first-order valence-corrected chi connectivity index (χ1v) is 10.9. The van der Waals surface area contributed by atoms with Gasteiger partial charge in [-0.3, -0.25) is 0 Å². The fraction of sp³-hybridized carbons (Fsp3) is 0.308. The van der Waals surface area contributed by atoms with Gasteiger partial charge in [-0.05, 0) is 73.2 Å². The summed E-state index contributed by atoms with van der Waals surface area (Å²) in [6, 6.07) is 16.5. The van der Waals surface area contributed by atoms with E-state index in [0.29, 0.717) is 16.0 Å². The summed E-state index contributed by atoms with van der Waals surface area (Å²) < 4.78 is 5.98. The average Bonchev–Trinajstić information content (AvgIpc) is 2.70. The third-order valence-electron chi connectivity index (χ3n) is 5.45. The van der Waals surface area contributed by atoms with Crippen molar-refractivity contribution >= 4 is 23.2 Å². The molecule has 0 fully saturated rings. The Morgan fingerprint density at radius 1 is 0.793 bits per heavy atom. The number of hydrogen-bond donors (Lipinski definition) is 0. The normalized spacial score (nSPS) is 12.1. The fourth-order valence-electron chi connectivity index (χ4n) is 3.33. The van der Waals surface area contributed by atoms with E-state index in [0.717, 1.165) is 46.6 Å². The molecule has 0 N–H and O–H groups in total. The first-order valence-electron chi connectivity index (χ1n) is 10.1. The van der Waals surface area contributed by atoms with E-state index in [9.17, 15) is 0 Å². The minimum atomic E-state index is 0.542. The lowest BCUT2D eigenvalue weighted by Crippen LogP contribution is -2.07. The largest absolute Gasteiger partial charge is 0.493 e. The molecule has 0 saturated carbocycles. The van der Waals surface area contributed by atoms with Crippen LogP contribution in [0.25, 0.3) is 22.3 Å². The molecule has 0 saturated heterocycles. The molecule has 0 aromatic heterocycles. The molecule has 152 valence electrons. The van der Waals surface area contributed by atoms with Gasteiger partial charge in [0.2, 0.25) is 0 Å². The Morgan fingerprint density at radius 2 is 1.48 bits per heavy atom. The predicted molar refractivity (Wildman–Crippen MR) is 126 cm³/mol. The van der Waals surface area contributed by atoms with Crippen LogP contribution < -0.4 is 4.74 Å². The van der Waals surface area contributed by atoms with Crippen molar-refractivity contribution in [3.05, 3.63) is 75.3 Å². The van der Waals surface area contributed by atoms with E-state index in [-0.39, 0.29) is 0 Å². The molecule has 3 aromatic carbocycles. The van der Waals surface area contributed by atoms with Gasteiger partial charge in [-0.1, -0.05) is 73.3 Å². The van der Waals surface area contributed by atoms with E-state index in [2.05, 4.69) is 58.9 Å². The van der Waals surface area contributed by atoms with Crippen molar-refractivity contribution in [1.29, 1.82) is 0 Å². The summed E-state index contributed by atoms with van der Waals surface area (Å²) in [6.07, 6.45) is 1.11. The van der Waals surface area contributed by atoms with Crippen LogP contribution in [-0.4, -0.2) is 6.61 Å². The number of aryl methyl sites for hydroxylation is 3. The zero-order chi connectivity index (χ0) is 21.1. The Hall–Kier alpha value is -1.96. The quantitative estimate of drug-likeness (QED) is 0.382. The Labute approximate surface area is 184 Å². The number of rotatable bonds is 6. The minimum Gasteiger partial charge on any atom is -0.493 e. The van der Waals surface area contributed by atoms with Crippen LogP contribution in [0, 0.1) is 26.7 Å². The molecule has 0 radical (unpaired) electrons. The highest BCUT2D eigenvalue weighted by molar-refractivity contribution is 6.37. The summed E-state index contributed by atoms with van der Waals surface area (Å²) in [7, 11) is 0. The lowest BCUT2D eigenvalue weighted by Gasteiger charge is -2.16. The zero-order valence-corrected chi connectivity index (χ0v) is 19.3. The van der Waals surface area contributed by atoms with Gasteiger partial charge in [0, 0.05) is 21.2 Å². The van der Waals surface area contributed by atoms with Crippen LogP contribution in [0.1, 0.15) is 37.0 Å². The predicted octanol–water partition coefficient (Wildman–Crippen LogP) is 8.68. The smallest absolute Gasteiger partial charge is 0.122 e. The molecule has 3 heteroatoms. The van der Waals surface area contributed by atoms with Crippen molar-refractivity contribution in [2.24, 2.45) is 5.92 Å². The summed E-state index contributed by atoms with van der Waals surface area (Å²) in [6.45, 7) is 11.3. The molecule has 3 rings (SSSR count). The van der Waals surface area contributed by atoms with E-state index in [4.69, 9.17) is 27.9 Å². The monoisotopic (exact) mass is 426 g/mol. The van der Waals surface area contributed by atoms with Crippen molar-refractivity contribution in [2.45, 2.75) is 41.0 Å². The molecule has 0 aliphatic carbocycles. The fourth-order valence-corrected chi connectivity index (χ4v) is 3.87. The standard InChI is InChI=1S/C26H28Cl2O/c1-6-16(2)15-29-26-10-9-20(12-19(26)5)22-13-25(28)23(14-24(22)27)21-11-17(3)7-8-18(21)4/h7-14,16H,6,15H2,1-5H3. The molecular formula is C26H28Cl2O. The van der Waals surface area contributed by atoms with Gasteiger partial charge < -0.3 is 4.74 Å². The third kappa shape index (κ3) is 4.97. The summed E-state index contributed by atoms with van der Waals surface area (Å²) in [5, 5.41) is 1.39. The van der Waals surface area contributed by atoms with Crippen LogP contribution in [0.4, 0.5) is 0 Å². The molecule has 29 heavy (non-hydrogen) atoms. The summed E-state index contributed by atoms with van der Waals surface area (Å²) in [4.78, 5) is 0. The molecule has 0 spiro atoms. The number of hydrogen-bond acceptors (Lipinski definition) is 1. The Kier molecular flexibility index (Phi) is 6.93. The van der Waals surface area contributed by atoms with E-state index in [1.54, 1.807) is 0 Å². The summed E-state index contributed by atoms with van der Waals surface area (Å²) in [5.74, 6) is 1.46. The molecule has 0 amide bonds. The summed E-state index contributed by atoms with van der Waals surface area (Å²) in [5.41, 5.74) is 7.53. The third-order valence-corrected chi connectivity index (χ3v) is 6.07. The van der Waals surface area contributed by atoms with Crippen LogP contribution >= 0.6 is 23.2 Å². The molecule has 1 nitrogen and oxygen atoms in total. The first kappa shape index (κ1) is 21.7. The first-order chi connectivity index (χ1) is 13.8. The van der Waals surface area contributed by atoms with Crippen molar-refractivity contribution in [2.75, 3.05) is 6.61 Å². The Bertz CT molecular complexity index is 1020. The molecule has 1 unspecified atom stereocenters. The molecule has 1 atom stereocenters. The number of halogens is 2. The molecule has 0 bridgehead atoms. The van der Waals surface area contributed by atoms with Gasteiger partial charge in [0.05, 0.1) is 6.61 Å². The van der Waals surface area contributed by atoms with E-state index >= 15 is 0 Å². The van der Waals surface area contributed by atoms with Crippen LogP contribution in [0.2, 0.25) is 10.0 Å². The maximum atomic E-state index is 6.70. The van der Waals surface area contributed by atoms with Gasteiger partial charge in [-0.2, -0.15) is 0 Å². The van der Waals surface area contributed by atoms with E-state index < -0.39 is 0 Å². The van der Waals surface area contributed by atoms with Crippen molar-refractivity contribution in [3.8, 4) is 28.0 Å². The van der Waals surface area contributed by atoms with Gasteiger partial charge in [-0.15, -0.1) is 0 Å². The molecule has 0 aliphatic heterocycles. The lowest BCUT2D eigenvalue weighted by molar-refractivity contribution is 0.255. The SMILES string of the molecule is CCC(C)COc1ccc(-c2cc(Cl)c(-c3cc(C)ccc3C)cc2Cl)cc1C. The number of benzene rings is 3. The van der Waals surface area contributed by atoms with Gasteiger partial charge in [0.25, 0.3) is 0 Å². The molecule has 0 heterocycles. The van der Waals surface area contributed by atoms with Crippen LogP contribution in [0.5, 0.6) is 5.75 Å². The van der Waals surface area contributed by atoms with E-state index in [1.807, 2.05) is 24.3 Å². The highest BCUT2D eigenvalue weighted by Gasteiger charge is 2.14. The summed E-state index contributed by atoms with van der Waals surface area (Å²) >= 11 is 13.4. The van der Waals surface area contributed by atoms with Crippen molar-refractivity contribution in [3.63, 3.8) is 0 Å². The molecule has 0 aliphatic rings. The minimum absolute atomic E-state index is 0.542. The topological polar surface area (TPSA) is 9.23 Å². The lowest BCUT2D eigenvalue weighted by atomic mass is 9.95. The van der Waals surface area contributed by atoms with Crippen molar-refractivity contribution in [1.82, 2.24) is 0 Å². The van der Waals surface area contributed by atoms with Crippen molar-refractivity contribution < 1.29 is 4.74 Å². The second-order valence-electron chi connectivity index (χ2n) is 7.93. The number of ether oxygens (including phenoxy) is 1. The van der Waals surface area contributed by atoms with Crippen LogP contribution in [0.15, 0.2) is 48.5 Å². The Balaban J connectivity index is 1.95. The van der Waals surface area contributed by atoms with Gasteiger partial charge in [0.1, 0.15) is 5.75 Å². The second kappa shape index (κ2) is 9.24. The Morgan fingerprint density at radius 3 is 2.17 bits per heavy atom. The molecule has 3 aromatic rings. The van der Waals surface area contributed by atoms with E-state index in [1.165, 1.54) is 11.1 Å².